The van der Waals surface area contributed by atoms with Crippen LogP contribution in [0, 0.1) is 0 Å². The summed E-state index contributed by atoms with van der Waals surface area (Å²) < 4.78 is 0. The SMILES string of the molecule is CC1(C)c2ccccc2-c2ccc(N(c3ccc4c(c3)C(C)(C)c3ccccc3-4)c3cc4ccccc4c4c3ccc3ccccc34)cc21. The normalized spacial score (nSPS) is 14.9. The number of fused-ring (bicyclic) bond motifs is 11. The lowest BCUT2D eigenvalue weighted by atomic mass is 9.82. The zero-order valence-electron chi connectivity index (χ0n) is 28.4. The van der Waals surface area contributed by atoms with Crippen molar-refractivity contribution in [2.75, 3.05) is 4.90 Å². The zero-order valence-corrected chi connectivity index (χ0v) is 28.4. The van der Waals surface area contributed by atoms with Crippen LogP contribution in [0.2, 0.25) is 0 Å². The quantitative estimate of drug-likeness (QED) is 0.176. The summed E-state index contributed by atoms with van der Waals surface area (Å²) >= 11 is 0. The van der Waals surface area contributed by atoms with Crippen molar-refractivity contribution in [2.45, 2.75) is 38.5 Å². The molecule has 2 aliphatic rings. The molecule has 0 aromatic heterocycles. The van der Waals surface area contributed by atoms with E-state index in [4.69, 9.17) is 0 Å². The third kappa shape index (κ3) is 3.88. The first kappa shape index (κ1) is 28.4. The third-order valence-electron chi connectivity index (χ3n) is 11.6. The molecule has 0 heterocycles. The van der Waals surface area contributed by atoms with Crippen LogP contribution in [0.15, 0.2) is 152 Å². The fourth-order valence-corrected chi connectivity index (χ4v) is 9.13. The van der Waals surface area contributed by atoms with Gasteiger partial charge >= 0.3 is 0 Å². The molecular weight excluding hydrogens is 591 g/mol. The van der Waals surface area contributed by atoms with Crippen molar-refractivity contribution in [1.82, 2.24) is 0 Å². The Morgan fingerprint density at radius 2 is 0.837 bits per heavy atom. The molecule has 10 rings (SSSR count). The first-order valence-corrected chi connectivity index (χ1v) is 17.4. The van der Waals surface area contributed by atoms with Crippen LogP contribution >= 0.6 is 0 Å². The zero-order chi connectivity index (χ0) is 33.1. The van der Waals surface area contributed by atoms with E-state index in [1.807, 2.05) is 0 Å². The molecule has 234 valence electrons. The molecule has 0 amide bonds. The molecule has 8 aromatic rings. The van der Waals surface area contributed by atoms with E-state index in [-0.39, 0.29) is 10.8 Å². The highest BCUT2D eigenvalue weighted by Gasteiger charge is 2.38. The van der Waals surface area contributed by atoms with Crippen LogP contribution < -0.4 is 4.90 Å². The Labute approximate surface area is 288 Å². The van der Waals surface area contributed by atoms with Crippen molar-refractivity contribution >= 4 is 49.4 Å². The predicted octanol–water partition coefficient (Wildman–Crippen LogP) is 13.2. The second kappa shape index (κ2) is 9.94. The topological polar surface area (TPSA) is 3.24 Å². The third-order valence-corrected chi connectivity index (χ3v) is 11.6. The van der Waals surface area contributed by atoms with E-state index in [1.54, 1.807) is 0 Å². The van der Waals surface area contributed by atoms with Gasteiger partial charge in [-0.25, -0.2) is 0 Å². The molecule has 0 atom stereocenters. The Morgan fingerprint density at radius 1 is 0.367 bits per heavy atom. The van der Waals surface area contributed by atoms with E-state index in [2.05, 4.69) is 184 Å². The lowest BCUT2D eigenvalue weighted by Gasteiger charge is -2.31. The number of nitrogens with zero attached hydrogens (tertiary/aromatic N) is 1. The second-order valence-electron chi connectivity index (χ2n) is 15.0. The number of hydrogen-bond acceptors (Lipinski definition) is 1. The Morgan fingerprint density at radius 3 is 1.43 bits per heavy atom. The minimum absolute atomic E-state index is 0.100. The fraction of sp³-hybridized carbons (Fsp3) is 0.125. The summed E-state index contributed by atoms with van der Waals surface area (Å²) in [6.07, 6.45) is 0. The highest BCUT2D eigenvalue weighted by molar-refractivity contribution is 6.24. The van der Waals surface area contributed by atoms with Crippen LogP contribution in [0.25, 0.3) is 54.6 Å². The average Bonchev–Trinajstić information content (AvgIpc) is 3.51. The number of rotatable bonds is 3. The lowest BCUT2D eigenvalue weighted by Crippen LogP contribution is -2.18. The first-order chi connectivity index (χ1) is 23.8. The van der Waals surface area contributed by atoms with E-state index in [0.29, 0.717) is 0 Å². The van der Waals surface area contributed by atoms with Gasteiger partial charge in [-0.15, -0.1) is 0 Å². The monoisotopic (exact) mass is 627 g/mol. The maximum atomic E-state index is 2.53. The summed E-state index contributed by atoms with van der Waals surface area (Å²) in [5.41, 5.74) is 14.3. The molecule has 49 heavy (non-hydrogen) atoms. The Balaban J connectivity index is 1.29. The van der Waals surface area contributed by atoms with Gasteiger partial charge in [0.05, 0.1) is 5.69 Å². The maximum absolute atomic E-state index is 2.53. The highest BCUT2D eigenvalue weighted by atomic mass is 15.1. The van der Waals surface area contributed by atoms with Crippen LogP contribution in [0.3, 0.4) is 0 Å². The molecule has 0 unspecified atom stereocenters. The summed E-state index contributed by atoms with van der Waals surface area (Å²) in [7, 11) is 0. The van der Waals surface area contributed by atoms with Gasteiger partial charge in [-0.05, 0) is 102 Å². The van der Waals surface area contributed by atoms with Crippen LogP contribution in [0.4, 0.5) is 17.1 Å². The molecule has 0 N–H and O–H groups in total. The first-order valence-electron chi connectivity index (χ1n) is 17.4. The molecule has 1 heteroatoms. The van der Waals surface area contributed by atoms with Gasteiger partial charge in [0.1, 0.15) is 0 Å². The molecular formula is C48H37N. The molecule has 1 nitrogen and oxygen atoms in total. The minimum Gasteiger partial charge on any atom is -0.310 e. The molecule has 2 aliphatic carbocycles. The second-order valence-corrected chi connectivity index (χ2v) is 15.0. The molecule has 0 fully saturated rings. The highest BCUT2D eigenvalue weighted by Crippen LogP contribution is 2.54. The molecule has 0 bridgehead atoms. The van der Waals surface area contributed by atoms with E-state index in [0.717, 1.165) is 0 Å². The molecule has 8 aromatic carbocycles. The smallest absolute Gasteiger partial charge is 0.0546 e. The fourth-order valence-electron chi connectivity index (χ4n) is 9.13. The van der Waals surface area contributed by atoms with Gasteiger partial charge < -0.3 is 4.90 Å². The van der Waals surface area contributed by atoms with Crippen molar-refractivity contribution in [1.29, 1.82) is 0 Å². The minimum atomic E-state index is -0.100. The van der Waals surface area contributed by atoms with Crippen molar-refractivity contribution < 1.29 is 0 Å². The summed E-state index contributed by atoms with van der Waals surface area (Å²) in [6, 6.07) is 56.9. The van der Waals surface area contributed by atoms with Crippen molar-refractivity contribution in [3.63, 3.8) is 0 Å². The summed E-state index contributed by atoms with van der Waals surface area (Å²) in [5, 5.41) is 7.64. The van der Waals surface area contributed by atoms with Crippen LogP contribution in [0.5, 0.6) is 0 Å². The number of hydrogen-bond donors (Lipinski definition) is 0. The van der Waals surface area contributed by atoms with E-state index < -0.39 is 0 Å². The van der Waals surface area contributed by atoms with Crippen molar-refractivity contribution in [3.8, 4) is 22.3 Å². The predicted molar refractivity (Wildman–Crippen MR) is 209 cm³/mol. The van der Waals surface area contributed by atoms with Gasteiger partial charge in [0.15, 0.2) is 0 Å². The molecule has 0 radical (unpaired) electrons. The molecule has 0 aliphatic heterocycles. The van der Waals surface area contributed by atoms with Crippen LogP contribution in [-0.4, -0.2) is 0 Å². The average molecular weight is 628 g/mol. The lowest BCUT2D eigenvalue weighted by molar-refractivity contribution is 0.660. The van der Waals surface area contributed by atoms with E-state index >= 15 is 0 Å². The number of anilines is 3. The van der Waals surface area contributed by atoms with Crippen LogP contribution in [0.1, 0.15) is 49.9 Å². The van der Waals surface area contributed by atoms with Gasteiger partial charge in [0.2, 0.25) is 0 Å². The number of benzene rings is 8. The van der Waals surface area contributed by atoms with Gasteiger partial charge in [-0.2, -0.15) is 0 Å². The standard InChI is InChI=1S/C48H37N/c1-47(2)41-19-11-9-17-36(41)38-25-22-32(28-43(38)47)49(33-23-26-39-37-18-10-12-20-42(37)48(3,4)44(39)29-33)45-27-31-14-6-8-16-35(31)46-34-15-7-5-13-30(34)21-24-40(45)46/h5-29H,1-4H3. The van der Waals surface area contributed by atoms with Gasteiger partial charge in [-0.1, -0.05) is 149 Å². The van der Waals surface area contributed by atoms with Crippen LogP contribution in [-0.2, 0) is 10.8 Å². The molecule has 0 saturated carbocycles. The van der Waals surface area contributed by atoms with E-state index in [1.165, 1.54) is 93.9 Å². The Hall–Kier alpha value is -5.66. The van der Waals surface area contributed by atoms with E-state index in [9.17, 15) is 0 Å². The van der Waals surface area contributed by atoms with Crippen molar-refractivity contribution in [3.05, 3.63) is 174 Å². The summed E-state index contributed by atoms with van der Waals surface area (Å²) in [5.74, 6) is 0. The summed E-state index contributed by atoms with van der Waals surface area (Å²) in [6.45, 7) is 9.49. The van der Waals surface area contributed by atoms with Crippen molar-refractivity contribution in [2.24, 2.45) is 0 Å². The Kier molecular flexibility index (Phi) is 5.75. The largest absolute Gasteiger partial charge is 0.310 e. The maximum Gasteiger partial charge on any atom is 0.0546 e. The van der Waals surface area contributed by atoms with Gasteiger partial charge in [0, 0.05) is 27.6 Å². The molecule has 0 saturated heterocycles. The Bertz CT molecular complexity index is 2550. The van der Waals surface area contributed by atoms with Gasteiger partial charge in [0.25, 0.3) is 0 Å². The summed E-state index contributed by atoms with van der Waals surface area (Å²) in [4.78, 5) is 2.53. The van der Waals surface area contributed by atoms with Gasteiger partial charge in [-0.3, -0.25) is 0 Å². The molecule has 0 spiro atoms.